The molecule has 0 spiro atoms. The molecule has 17 heavy (non-hydrogen) atoms. The predicted octanol–water partition coefficient (Wildman–Crippen LogP) is 2.51. The maximum absolute atomic E-state index is 11.6. The highest BCUT2D eigenvalue weighted by Crippen LogP contribution is 2.24. The third-order valence-electron chi connectivity index (χ3n) is 2.46. The van der Waals surface area contributed by atoms with Crippen molar-refractivity contribution in [2.24, 2.45) is 0 Å². The lowest BCUT2D eigenvalue weighted by Crippen LogP contribution is -2.42. The van der Waals surface area contributed by atoms with Gasteiger partial charge in [0.25, 0.3) is 0 Å². The lowest BCUT2D eigenvalue weighted by Gasteiger charge is -2.21. The summed E-state index contributed by atoms with van der Waals surface area (Å²) in [5.41, 5.74) is 1.83. The predicted molar refractivity (Wildman–Crippen MR) is 66.9 cm³/mol. The molecule has 0 radical (unpaired) electrons. The van der Waals surface area contributed by atoms with Gasteiger partial charge in [-0.3, -0.25) is 0 Å². The Morgan fingerprint density at radius 2 is 2.12 bits per heavy atom. The fourth-order valence-electron chi connectivity index (χ4n) is 1.83. The molecule has 0 aromatic heterocycles. The number of ether oxygens (including phenoxy) is 1. The Morgan fingerprint density at radius 1 is 1.41 bits per heavy atom. The maximum atomic E-state index is 11.6. The van der Waals surface area contributed by atoms with Gasteiger partial charge in [0, 0.05) is 12.1 Å². The van der Waals surface area contributed by atoms with Crippen molar-refractivity contribution >= 4 is 11.8 Å². The summed E-state index contributed by atoms with van der Waals surface area (Å²) in [6.07, 6.45) is 0.320. The van der Waals surface area contributed by atoms with Crippen LogP contribution >= 0.6 is 0 Å². The van der Waals surface area contributed by atoms with E-state index in [0.717, 1.165) is 12.1 Å². The molecule has 92 valence electrons. The smallest absolute Gasteiger partial charge is 0.409 e. The van der Waals surface area contributed by atoms with Gasteiger partial charge in [-0.05, 0) is 32.4 Å². The Kier molecular flexibility index (Phi) is 2.96. The lowest BCUT2D eigenvalue weighted by molar-refractivity contribution is 0.0512. The van der Waals surface area contributed by atoms with Gasteiger partial charge >= 0.3 is 6.09 Å². The average molecular weight is 234 g/mol. The normalized spacial score (nSPS) is 18.2. The molecule has 2 rings (SSSR count). The van der Waals surface area contributed by atoms with Crippen LogP contribution < -0.4 is 10.6 Å². The van der Waals surface area contributed by atoms with Crippen LogP contribution in [0.15, 0.2) is 24.3 Å². The molecule has 1 aromatic rings. The van der Waals surface area contributed by atoms with E-state index in [-0.39, 0.29) is 12.3 Å². The Balaban J connectivity index is 1.90. The first kappa shape index (κ1) is 11.8. The van der Waals surface area contributed by atoms with E-state index in [0.29, 0.717) is 0 Å². The number of hydrogen-bond acceptors (Lipinski definition) is 3. The molecule has 1 amide bonds. The summed E-state index contributed by atoms with van der Waals surface area (Å²) in [5.74, 6) is 0. The van der Waals surface area contributed by atoms with Crippen molar-refractivity contribution in [1.82, 2.24) is 5.32 Å². The van der Waals surface area contributed by atoms with Gasteiger partial charge in [0.1, 0.15) is 11.8 Å². The molecule has 2 N–H and O–H groups in total. The molecule has 0 saturated heterocycles. The van der Waals surface area contributed by atoms with Crippen LogP contribution in [0.5, 0.6) is 0 Å². The van der Waals surface area contributed by atoms with Crippen molar-refractivity contribution in [1.29, 1.82) is 0 Å². The van der Waals surface area contributed by atoms with Crippen molar-refractivity contribution in [3.63, 3.8) is 0 Å². The number of hydrogen-bond donors (Lipinski definition) is 2. The monoisotopic (exact) mass is 234 g/mol. The molecule has 0 aliphatic carbocycles. The zero-order valence-electron chi connectivity index (χ0n) is 10.4. The molecular formula is C13H18N2O2. The van der Waals surface area contributed by atoms with E-state index in [1.54, 1.807) is 0 Å². The molecule has 1 aromatic carbocycles. The number of para-hydroxylation sites is 1. The number of anilines is 1. The standard InChI is InChI=1S/C13H18N2O2/c1-13(2,3)17-12(16)15-11-8-9-6-4-5-7-10(9)14-11/h4-7,11,14H,8H2,1-3H3,(H,15,16). The van der Waals surface area contributed by atoms with Crippen molar-refractivity contribution in [2.75, 3.05) is 5.32 Å². The Morgan fingerprint density at radius 3 is 2.76 bits per heavy atom. The minimum absolute atomic E-state index is 0.0813. The summed E-state index contributed by atoms with van der Waals surface area (Å²) < 4.78 is 5.21. The molecule has 0 saturated carbocycles. The highest BCUT2D eigenvalue weighted by Gasteiger charge is 2.24. The van der Waals surface area contributed by atoms with Crippen LogP contribution in [-0.2, 0) is 11.2 Å². The molecule has 0 fully saturated rings. The minimum Gasteiger partial charge on any atom is -0.444 e. The Bertz CT molecular complexity index is 399. The zero-order valence-corrected chi connectivity index (χ0v) is 10.4. The highest BCUT2D eigenvalue weighted by atomic mass is 16.6. The first-order chi connectivity index (χ1) is 7.94. The van der Waals surface area contributed by atoms with Crippen LogP contribution in [0.25, 0.3) is 0 Å². The van der Waals surface area contributed by atoms with E-state index in [1.165, 1.54) is 5.56 Å². The minimum atomic E-state index is -0.463. The van der Waals surface area contributed by atoms with E-state index in [9.17, 15) is 4.79 Å². The molecule has 1 atom stereocenters. The quantitative estimate of drug-likeness (QED) is 0.785. The van der Waals surface area contributed by atoms with Crippen molar-refractivity contribution in [3.8, 4) is 0 Å². The number of benzene rings is 1. The van der Waals surface area contributed by atoms with Crippen LogP contribution in [0.4, 0.5) is 10.5 Å². The third kappa shape index (κ3) is 3.12. The van der Waals surface area contributed by atoms with E-state index < -0.39 is 5.60 Å². The maximum Gasteiger partial charge on any atom is 0.409 e. The fraction of sp³-hybridized carbons (Fsp3) is 0.462. The first-order valence-electron chi connectivity index (χ1n) is 5.78. The van der Waals surface area contributed by atoms with E-state index in [2.05, 4.69) is 16.7 Å². The molecule has 0 bridgehead atoms. The van der Waals surface area contributed by atoms with Crippen LogP contribution in [0, 0.1) is 0 Å². The van der Waals surface area contributed by atoms with Crippen molar-refractivity contribution < 1.29 is 9.53 Å². The van der Waals surface area contributed by atoms with Crippen LogP contribution in [-0.4, -0.2) is 17.9 Å². The van der Waals surface area contributed by atoms with E-state index >= 15 is 0 Å². The Hall–Kier alpha value is -1.71. The van der Waals surface area contributed by atoms with Crippen molar-refractivity contribution in [3.05, 3.63) is 29.8 Å². The molecular weight excluding hydrogens is 216 g/mol. The number of amides is 1. The van der Waals surface area contributed by atoms with Gasteiger partial charge in [-0.25, -0.2) is 4.79 Å². The number of fused-ring (bicyclic) bond motifs is 1. The topological polar surface area (TPSA) is 50.4 Å². The molecule has 1 aliphatic rings. The van der Waals surface area contributed by atoms with Gasteiger partial charge < -0.3 is 15.4 Å². The average Bonchev–Trinajstić information content (AvgIpc) is 2.55. The third-order valence-corrected chi connectivity index (χ3v) is 2.46. The van der Waals surface area contributed by atoms with E-state index in [1.807, 2.05) is 39.0 Å². The second kappa shape index (κ2) is 4.28. The number of alkyl carbamates (subject to hydrolysis) is 1. The largest absolute Gasteiger partial charge is 0.444 e. The summed E-state index contributed by atoms with van der Waals surface area (Å²) in [6, 6.07) is 8.03. The van der Waals surface area contributed by atoms with Gasteiger partial charge in [-0.2, -0.15) is 0 Å². The summed E-state index contributed by atoms with van der Waals surface area (Å²) >= 11 is 0. The lowest BCUT2D eigenvalue weighted by atomic mass is 10.1. The van der Waals surface area contributed by atoms with Gasteiger partial charge in [-0.15, -0.1) is 0 Å². The first-order valence-corrected chi connectivity index (χ1v) is 5.78. The number of nitrogens with one attached hydrogen (secondary N) is 2. The van der Waals surface area contributed by atoms with Gasteiger partial charge in [-0.1, -0.05) is 18.2 Å². The SMILES string of the molecule is CC(C)(C)OC(=O)NC1Cc2ccccc2N1. The molecule has 1 heterocycles. The van der Waals surface area contributed by atoms with Gasteiger partial charge in [0.05, 0.1) is 0 Å². The summed E-state index contributed by atoms with van der Waals surface area (Å²) in [5, 5.41) is 6.05. The second-order valence-electron chi connectivity index (χ2n) is 5.20. The summed E-state index contributed by atoms with van der Waals surface area (Å²) in [4.78, 5) is 11.6. The number of carbonyl (C=O) groups excluding carboxylic acids is 1. The highest BCUT2D eigenvalue weighted by molar-refractivity contribution is 5.70. The summed E-state index contributed by atoms with van der Waals surface area (Å²) in [7, 11) is 0. The fourth-order valence-corrected chi connectivity index (χ4v) is 1.83. The Labute approximate surface area is 101 Å². The van der Waals surface area contributed by atoms with Gasteiger partial charge in [0.2, 0.25) is 0 Å². The van der Waals surface area contributed by atoms with Crippen LogP contribution in [0.3, 0.4) is 0 Å². The number of carbonyl (C=O) groups is 1. The number of rotatable bonds is 1. The molecule has 1 aliphatic heterocycles. The van der Waals surface area contributed by atoms with Gasteiger partial charge in [0.15, 0.2) is 0 Å². The van der Waals surface area contributed by atoms with Crippen molar-refractivity contribution in [2.45, 2.75) is 39.0 Å². The van der Waals surface area contributed by atoms with E-state index in [4.69, 9.17) is 4.74 Å². The zero-order chi connectivity index (χ0) is 12.5. The molecule has 4 nitrogen and oxygen atoms in total. The van der Waals surface area contributed by atoms with Crippen LogP contribution in [0.2, 0.25) is 0 Å². The molecule has 4 heteroatoms. The molecule has 1 unspecified atom stereocenters. The second-order valence-corrected chi connectivity index (χ2v) is 5.20. The van der Waals surface area contributed by atoms with Crippen LogP contribution in [0.1, 0.15) is 26.3 Å². The summed E-state index contributed by atoms with van der Waals surface area (Å²) in [6.45, 7) is 5.55.